The summed E-state index contributed by atoms with van der Waals surface area (Å²) >= 11 is 3.17. The van der Waals surface area contributed by atoms with Crippen LogP contribution in [-0.2, 0) is 4.74 Å². The van der Waals surface area contributed by atoms with Crippen molar-refractivity contribution in [3.05, 3.63) is 29.5 Å². The van der Waals surface area contributed by atoms with Crippen molar-refractivity contribution in [2.75, 3.05) is 11.9 Å². The molecular weight excluding hydrogens is 250 g/mol. The van der Waals surface area contributed by atoms with Crippen molar-refractivity contribution in [3.8, 4) is 0 Å². The van der Waals surface area contributed by atoms with E-state index in [1.807, 2.05) is 0 Å². The molecular formula is C8H8BrN3O2. The number of rotatable bonds is 3. The number of carbonyl (C=O) groups is 1. The zero-order valence-electron chi connectivity index (χ0n) is 7.24. The molecule has 0 aromatic carbocycles. The quantitative estimate of drug-likeness (QED) is 0.842. The Kier molecular flexibility index (Phi) is 4.06. The van der Waals surface area contributed by atoms with Crippen LogP contribution in [0, 0.1) is 0 Å². The van der Waals surface area contributed by atoms with Crippen molar-refractivity contribution in [2.45, 2.75) is 0 Å². The fraction of sp³-hybridized carbons (Fsp3) is 0.125. The highest BCUT2D eigenvalue weighted by Crippen LogP contribution is 2.06. The van der Waals surface area contributed by atoms with Crippen LogP contribution in [0.5, 0.6) is 0 Å². The molecule has 1 amide bonds. The molecule has 0 fully saturated rings. The summed E-state index contributed by atoms with van der Waals surface area (Å²) in [6.07, 6.45) is 3.92. The minimum atomic E-state index is -0.604. The number of aromatic nitrogens is 2. The first-order valence-corrected chi connectivity index (χ1v) is 4.54. The summed E-state index contributed by atoms with van der Waals surface area (Å²) in [6, 6.07) is 0. The maximum Gasteiger partial charge on any atom is 0.414 e. The molecule has 5 nitrogen and oxygen atoms in total. The van der Waals surface area contributed by atoms with Gasteiger partial charge in [-0.2, -0.15) is 0 Å². The maximum absolute atomic E-state index is 11.0. The predicted octanol–water partition coefficient (Wildman–Crippen LogP) is 1.97. The SMILES string of the molecule is C=CCOC(=O)Nc1ncc(Br)cn1. The van der Waals surface area contributed by atoms with Crippen LogP contribution in [0.1, 0.15) is 0 Å². The fourth-order valence-corrected chi connectivity index (χ4v) is 0.844. The molecule has 1 aromatic heterocycles. The second-order valence-corrected chi connectivity index (χ2v) is 3.15. The number of ether oxygens (including phenoxy) is 1. The third-order valence-corrected chi connectivity index (χ3v) is 1.58. The molecule has 14 heavy (non-hydrogen) atoms. The zero-order valence-corrected chi connectivity index (χ0v) is 8.82. The average molecular weight is 258 g/mol. The minimum absolute atomic E-state index is 0.155. The highest BCUT2D eigenvalue weighted by molar-refractivity contribution is 9.10. The molecule has 0 saturated carbocycles. The van der Waals surface area contributed by atoms with Gasteiger partial charge in [-0.05, 0) is 15.9 Å². The number of amides is 1. The van der Waals surface area contributed by atoms with Gasteiger partial charge in [0.15, 0.2) is 0 Å². The van der Waals surface area contributed by atoms with Gasteiger partial charge in [0.05, 0.1) is 4.47 Å². The van der Waals surface area contributed by atoms with Crippen LogP contribution in [0.25, 0.3) is 0 Å². The Hall–Kier alpha value is -1.43. The summed E-state index contributed by atoms with van der Waals surface area (Å²) in [6.45, 7) is 3.56. The Labute approximate surface area is 89.3 Å². The molecule has 6 heteroatoms. The van der Waals surface area contributed by atoms with E-state index in [1.165, 1.54) is 18.5 Å². The van der Waals surface area contributed by atoms with Gasteiger partial charge in [0.25, 0.3) is 0 Å². The van der Waals surface area contributed by atoms with Gasteiger partial charge in [0, 0.05) is 12.4 Å². The third kappa shape index (κ3) is 3.53. The van der Waals surface area contributed by atoms with Crippen LogP contribution in [0.3, 0.4) is 0 Å². The van der Waals surface area contributed by atoms with Gasteiger partial charge in [-0.15, -0.1) is 0 Å². The Balaban J connectivity index is 2.47. The normalized spacial score (nSPS) is 9.21. The topological polar surface area (TPSA) is 64.1 Å². The molecule has 0 saturated heterocycles. The van der Waals surface area contributed by atoms with Crippen molar-refractivity contribution < 1.29 is 9.53 Å². The molecule has 0 radical (unpaired) electrons. The van der Waals surface area contributed by atoms with Crippen LogP contribution in [0.15, 0.2) is 29.5 Å². The van der Waals surface area contributed by atoms with E-state index in [1.54, 1.807) is 0 Å². The molecule has 0 spiro atoms. The fourth-order valence-electron chi connectivity index (χ4n) is 0.639. The lowest BCUT2D eigenvalue weighted by atomic mass is 10.7. The monoisotopic (exact) mass is 257 g/mol. The molecule has 0 aliphatic carbocycles. The van der Waals surface area contributed by atoms with Gasteiger partial charge in [0.1, 0.15) is 6.61 Å². The van der Waals surface area contributed by atoms with Crippen LogP contribution in [-0.4, -0.2) is 22.7 Å². The van der Waals surface area contributed by atoms with Crippen LogP contribution in [0.4, 0.5) is 10.7 Å². The van der Waals surface area contributed by atoms with Crippen molar-refractivity contribution in [3.63, 3.8) is 0 Å². The number of nitrogens with one attached hydrogen (secondary N) is 1. The summed E-state index contributed by atoms with van der Waals surface area (Å²) < 4.78 is 5.40. The average Bonchev–Trinajstić information content (AvgIpc) is 2.18. The third-order valence-electron chi connectivity index (χ3n) is 1.17. The molecule has 0 bridgehead atoms. The van der Waals surface area contributed by atoms with Crippen molar-refractivity contribution in [1.82, 2.24) is 9.97 Å². The van der Waals surface area contributed by atoms with E-state index in [-0.39, 0.29) is 12.6 Å². The number of nitrogens with zero attached hydrogens (tertiary/aromatic N) is 2. The molecule has 0 atom stereocenters. The van der Waals surface area contributed by atoms with Crippen LogP contribution in [0.2, 0.25) is 0 Å². The molecule has 0 unspecified atom stereocenters. The van der Waals surface area contributed by atoms with Crippen molar-refractivity contribution in [2.24, 2.45) is 0 Å². The lowest BCUT2D eigenvalue weighted by Gasteiger charge is -2.02. The van der Waals surface area contributed by atoms with Crippen molar-refractivity contribution >= 4 is 28.0 Å². The van der Waals surface area contributed by atoms with Crippen LogP contribution < -0.4 is 5.32 Å². The largest absolute Gasteiger partial charge is 0.445 e. The predicted molar refractivity (Wildman–Crippen MR) is 54.9 cm³/mol. The van der Waals surface area contributed by atoms with Gasteiger partial charge in [0.2, 0.25) is 5.95 Å². The lowest BCUT2D eigenvalue weighted by Crippen LogP contribution is -2.15. The molecule has 1 aromatic rings. The summed E-state index contributed by atoms with van der Waals surface area (Å²) in [5.41, 5.74) is 0. The maximum atomic E-state index is 11.0. The number of hydrogen-bond acceptors (Lipinski definition) is 4. The van der Waals surface area contributed by atoms with Gasteiger partial charge < -0.3 is 4.74 Å². The summed E-state index contributed by atoms with van der Waals surface area (Å²) in [7, 11) is 0. The smallest absolute Gasteiger partial charge is 0.414 e. The number of hydrogen-bond donors (Lipinski definition) is 1. The van der Waals surface area contributed by atoms with E-state index < -0.39 is 6.09 Å². The second kappa shape index (κ2) is 5.33. The molecule has 1 rings (SSSR count). The van der Waals surface area contributed by atoms with Gasteiger partial charge >= 0.3 is 6.09 Å². The first-order valence-electron chi connectivity index (χ1n) is 3.74. The Bertz CT molecular complexity index is 326. The Morgan fingerprint density at radius 2 is 2.29 bits per heavy atom. The minimum Gasteiger partial charge on any atom is -0.445 e. The first-order chi connectivity index (χ1) is 6.72. The number of carbonyl (C=O) groups excluding carboxylic acids is 1. The highest BCUT2D eigenvalue weighted by Gasteiger charge is 2.03. The molecule has 0 aliphatic rings. The first kappa shape index (κ1) is 10.6. The standard InChI is InChI=1S/C8H8BrN3O2/c1-2-3-14-8(13)12-7-10-4-6(9)5-11-7/h2,4-5H,1,3H2,(H,10,11,12,13). The second-order valence-electron chi connectivity index (χ2n) is 2.24. The molecule has 1 N–H and O–H groups in total. The van der Waals surface area contributed by atoms with E-state index in [9.17, 15) is 4.79 Å². The van der Waals surface area contributed by atoms with E-state index in [4.69, 9.17) is 0 Å². The summed E-state index contributed by atoms with van der Waals surface area (Å²) in [5, 5.41) is 2.35. The number of anilines is 1. The summed E-state index contributed by atoms with van der Waals surface area (Å²) in [4.78, 5) is 18.6. The van der Waals surface area contributed by atoms with E-state index in [0.717, 1.165) is 4.47 Å². The van der Waals surface area contributed by atoms with E-state index in [2.05, 4.69) is 42.5 Å². The molecule has 1 heterocycles. The van der Waals surface area contributed by atoms with Gasteiger partial charge in [-0.1, -0.05) is 12.7 Å². The Morgan fingerprint density at radius 1 is 1.64 bits per heavy atom. The summed E-state index contributed by atoms with van der Waals surface area (Å²) in [5.74, 6) is 0.197. The highest BCUT2D eigenvalue weighted by atomic mass is 79.9. The lowest BCUT2D eigenvalue weighted by molar-refractivity contribution is 0.174. The van der Waals surface area contributed by atoms with Gasteiger partial charge in [-0.3, -0.25) is 5.32 Å². The van der Waals surface area contributed by atoms with Gasteiger partial charge in [-0.25, -0.2) is 14.8 Å². The van der Waals surface area contributed by atoms with Crippen molar-refractivity contribution in [1.29, 1.82) is 0 Å². The Morgan fingerprint density at radius 3 is 2.86 bits per heavy atom. The zero-order chi connectivity index (χ0) is 10.4. The molecule has 0 aliphatic heterocycles. The molecule has 74 valence electrons. The van der Waals surface area contributed by atoms with E-state index in [0.29, 0.717) is 0 Å². The number of halogens is 1. The van der Waals surface area contributed by atoms with Crippen LogP contribution >= 0.6 is 15.9 Å². The van der Waals surface area contributed by atoms with E-state index >= 15 is 0 Å².